The third-order valence-electron chi connectivity index (χ3n) is 2.95. The van der Waals surface area contributed by atoms with Crippen LogP contribution in [0.5, 0.6) is 0 Å². The monoisotopic (exact) mass is 151 g/mol. The van der Waals surface area contributed by atoms with E-state index in [0.717, 1.165) is 32.5 Å². The van der Waals surface area contributed by atoms with Crippen molar-refractivity contribution in [1.29, 1.82) is 5.26 Å². The summed E-state index contributed by atoms with van der Waals surface area (Å²) in [4.78, 5) is 0. The molecular weight excluding hydrogens is 138 g/mol. The van der Waals surface area contributed by atoms with Crippen LogP contribution >= 0.6 is 0 Å². The molecule has 0 aromatic rings. The lowest BCUT2D eigenvalue weighted by Gasteiger charge is -2.25. The van der Waals surface area contributed by atoms with E-state index in [4.69, 9.17) is 10.00 Å². The van der Waals surface area contributed by atoms with Gasteiger partial charge in [-0.25, -0.2) is 0 Å². The summed E-state index contributed by atoms with van der Waals surface area (Å²) in [5.74, 6) is 0.543. The summed E-state index contributed by atoms with van der Waals surface area (Å²) in [6, 6.07) is 2.44. The third kappa shape index (κ3) is 1.14. The fourth-order valence-electron chi connectivity index (χ4n) is 1.92. The predicted octanol–water partition coefficient (Wildman–Crippen LogP) is 1.72. The molecule has 1 saturated heterocycles. The Balaban J connectivity index is 1.99. The van der Waals surface area contributed by atoms with Crippen LogP contribution in [0.3, 0.4) is 0 Å². The fraction of sp³-hybridized carbons (Fsp3) is 0.889. The first-order valence-corrected chi connectivity index (χ1v) is 4.36. The van der Waals surface area contributed by atoms with Crippen LogP contribution in [0.2, 0.25) is 0 Å². The number of nitrogens with zero attached hydrogens (tertiary/aromatic N) is 1. The molecule has 0 spiro atoms. The molecule has 0 amide bonds. The van der Waals surface area contributed by atoms with Crippen LogP contribution in [0.4, 0.5) is 0 Å². The summed E-state index contributed by atoms with van der Waals surface area (Å²) in [6.45, 7) is 1.73. The van der Waals surface area contributed by atoms with Gasteiger partial charge in [0.05, 0.1) is 18.1 Å². The molecule has 0 radical (unpaired) electrons. The van der Waals surface area contributed by atoms with Crippen LogP contribution in [0.25, 0.3) is 0 Å². The second-order valence-corrected chi connectivity index (χ2v) is 3.68. The first kappa shape index (κ1) is 7.12. The number of hydrogen-bond donors (Lipinski definition) is 0. The Kier molecular flexibility index (Phi) is 1.61. The van der Waals surface area contributed by atoms with Crippen molar-refractivity contribution in [3.05, 3.63) is 0 Å². The van der Waals surface area contributed by atoms with Gasteiger partial charge in [-0.15, -0.1) is 0 Å². The van der Waals surface area contributed by atoms with Crippen molar-refractivity contribution in [3.63, 3.8) is 0 Å². The second-order valence-electron chi connectivity index (χ2n) is 3.68. The highest BCUT2D eigenvalue weighted by Crippen LogP contribution is 2.53. The molecule has 1 aliphatic carbocycles. The number of hydrogen-bond acceptors (Lipinski definition) is 2. The summed E-state index contributed by atoms with van der Waals surface area (Å²) >= 11 is 0. The van der Waals surface area contributed by atoms with E-state index in [0.29, 0.717) is 5.92 Å². The van der Waals surface area contributed by atoms with Gasteiger partial charge in [-0.3, -0.25) is 0 Å². The van der Waals surface area contributed by atoms with Gasteiger partial charge in [0.15, 0.2) is 0 Å². The summed E-state index contributed by atoms with van der Waals surface area (Å²) < 4.78 is 5.36. The lowest BCUT2D eigenvalue weighted by atomic mass is 9.86. The highest BCUT2D eigenvalue weighted by Gasteiger charge is 2.50. The topological polar surface area (TPSA) is 33.0 Å². The van der Waals surface area contributed by atoms with Gasteiger partial charge < -0.3 is 4.74 Å². The zero-order chi connectivity index (χ0) is 7.73. The van der Waals surface area contributed by atoms with Gasteiger partial charge in [0.25, 0.3) is 0 Å². The van der Waals surface area contributed by atoms with Gasteiger partial charge in [0.2, 0.25) is 0 Å². The quantitative estimate of drug-likeness (QED) is 0.571. The molecule has 1 heterocycles. The highest BCUT2D eigenvalue weighted by molar-refractivity contribution is 5.13. The maximum Gasteiger partial charge on any atom is 0.0693 e. The van der Waals surface area contributed by atoms with Gasteiger partial charge in [-0.05, 0) is 25.7 Å². The van der Waals surface area contributed by atoms with Crippen LogP contribution in [0.15, 0.2) is 0 Å². The molecule has 11 heavy (non-hydrogen) atoms. The minimum atomic E-state index is 0.0421. The average Bonchev–Trinajstić information content (AvgIpc) is 2.86. The van der Waals surface area contributed by atoms with Gasteiger partial charge in [0, 0.05) is 12.5 Å². The maximum absolute atomic E-state index is 8.90. The lowest BCUT2D eigenvalue weighted by Crippen LogP contribution is -2.25. The van der Waals surface area contributed by atoms with E-state index in [9.17, 15) is 0 Å². The minimum Gasteiger partial charge on any atom is -0.381 e. The van der Waals surface area contributed by atoms with E-state index in [1.807, 2.05) is 0 Å². The third-order valence-corrected chi connectivity index (χ3v) is 2.95. The average molecular weight is 151 g/mol. The SMILES string of the molecule is N#CC1(C2CCCOC2)CC1. The minimum absolute atomic E-state index is 0.0421. The molecule has 1 aliphatic heterocycles. The Morgan fingerprint density at radius 3 is 2.73 bits per heavy atom. The van der Waals surface area contributed by atoms with E-state index in [-0.39, 0.29) is 5.41 Å². The van der Waals surface area contributed by atoms with Crippen LogP contribution in [0.1, 0.15) is 25.7 Å². The molecule has 2 nitrogen and oxygen atoms in total. The molecule has 2 rings (SSSR count). The van der Waals surface area contributed by atoms with Gasteiger partial charge in [-0.1, -0.05) is 0 Å². The zero-order valence-electron chi connectivity index (χ0n) is 6.68. The van der Waals surface area contributed by atoms with Crippen LogP contribution in [-0.2, 0) is 4.74 Å². The summed E-state index contributed by atoms with van der Waals surface area (Å²) in [5, 5.41) is 8.90. The van der Waals surface area contributed by atoms with E-state index in [2.05, 4.69) is 6.07 Å². The van der Waals surface area contributed by atoms with Crippen molar-refractivity contribution in [3.8, 4) is 6.07 Å². The molecule has 2 fully saturated rings. The molecule has 2 aliphatic rings. The Labute approximate surface area is 67.2 Å². The largest absolute Gasteiger partial charge is 0.381 e. The molecule has 1 atom stereocenters. The Morgan fingerprint density at radius 1 is 1.45 bits per heavy atom. The van der Waals surface area contributed by atoms with Crippen molar-refractivity contribution in [2.45, 2.75) is 25.7 Å². The summed E-state index contributed by atoms with van der Waals surface area (Å²) in [7, 11) is 0. The number of rotatable bonds is 1. The molecular formula is C9H13NO. The van der Waals surface area contributed by atoms with Gasteiger partial charge in [0.1, 0.15) is 0 Å². The Bertz CT molecular complexity index is 184. The first-order chi connectivity index (χ1) is 5.37. The van der Waals surface area contributed by atoms with Gasteiger partial charge >= 0.3 is 0 Å². The Hall–Kier alpha value is -0.550. The smallest absolute Gasteiger partial charge is 0.0693 e. The Morgan fingerprint density at radius 2 is 2.27 bits per heavy atom. The standard InChI is InChI=1S/C9H13NO/c10-7-9(3-4-9)8-2-1-5-11-6-8/h8H,1-6H2. The van der Waals surface area contributed by atoms with E-state index in [1.54, 1.807) is 0 Å². The van der Waals surface area contributed by atoms with E-state index >= 15 is 0 Å². The van der Waals surface area contributed by atoms with Crippen molar-refractivity contribution in [1.82, 2.24) is 0 Å². The molecule has 1 saturated carbocycles. The van der Waals surface area contributed by atoms with E-state index < -0.39 is 0 Å². The molecule has 0 N–H and O–H groups in total. The highest BCUT2D eigenvalue weighted by atomic mass is 16.5. The molecule has 0 aromatic heterocycles. The van der Waals surface area contributed by atoms with Crippen molar-refractivity contribution >= 4 is 0 Å². The first-order valence-electron chi connectivity index (χ1n) is 4.36. The molecule has 0 aromatic carbocycles. The predicted molar refractivity (Wildman–Crippen MR) is 40.8 cm³/mol. The number of nitriles is 1. The number of ether oxygens (including phenoxy) is 1. The lowest BCUT2D eigenvalue weighted by molar-refractivity contribution is 0.0353. The van der Waals surface area contributed by atoms with Crippen LogP contribution < -0.4 is 0 Å². The van der Waals surface area contributed by atoms with Crippen molar-refractivity contribution in [2.24, 2.45) is 11.3 Å². The second kappa shape index (κ2) is 2.49. The summed E-state index contributed by atoms with van der Waals surface area (Å²) in [5.41, 5.74) is 0.0421. The maximum atomic E-state index is 8.90. The molecule has 0 bridgehead atoms. The molecule has 2 heteroatoms. The molecule has 60 valence electrons. The van der Waals surface area contributed by atoms with Crippen molar-refractivity contribution < 1.29 is 4.74 Å². The van der Waals surface area contributed by atoms with E-state index in [1.165, 1.54) is 6.42 Å². The fourth-order valence-corrected chi connectivity index (χ4v) is 1.92. The van der Waals surface area contributed by atoms with Crippen LogP contribution in [0, 0.1) is 22.7 Å². The normalized spacial score (nSPS) is 34.3. The van der Waals surface area contributed by atoms with Gasteiger partial charge in [-0.2, -0.15) is 5.26 Å². The zero-order valence-corrected chi connectivity index (χ0v) is 6.68. The molecule has 1 unspecified atom stereocenters. The van der Waals surface area contributed by atoms with Crippen LogP contribution in [-0.4, -0.2) is 13.2 Å². The summed E-state index contributed by atoms with van der Waals surface area (Å²) in [6.07, 6.45) is 4.57. The van der Waals surface area contributed by atoms with Crippen molar-refractivity contribution in [2.75, 3.05) is 13.2 Å².